The first-order valence-corrected chi connectivity index (χ1v) is 13.4. The molecule has 1 atom stereocenters. The van der Waals surface area contributed by atoms with Crippen LogP contribution in [0.1, 0.15) is 76.4 Å². The van der Waals surface area contributed by atoms with Gasteiger partial charge in [-0.25, -0.2) is 9.59 Å². The summed E-state index contributed by atoms with van der Waals surface area (Å²) in [5, 5.41) is 12.3. The summed E-state index contributed by atoms with van der Waals surface area (Å²) in [6.45, 7) is 6.52. The van der Waals surface area contributed by atoms with Gasteiger partial charge in [0, 0.05) is 12.0 Å². The third-order valence-electron chi connectivity index (χ3n) is 6.42. The van der Waals surface area contributed by atoms with Gasteiger partial charge in [0.2, 0.25) is 0 Å². The number of rotatable bonds is 14. The molecule has 3 rings (SSSR count). The Balaban J connectivity index is 1.52. The Morgan fingerprint density at radius 1 is 0.846 bits per heavy atom. The summed E-state index contributed by atoms with van der Waals surface area (Å²) in [5.41, 5.74) is 3.22. The largest absolute Gasteiger partial charge is 0.494 e. The third-order valence-corrected chi connectivity index (χ3v) is 6.42. The summed E-state index contributed by atoms with van der Waals surface area (Å²) < 4.78 is 11.2. The molecule has 0 aliphatic rings. The van der Waals surface area contributed by atoms with E-state index in [0.717, 1.165) is 24.0 Å². The van der Waals surface area contributed by atoms with E-state index in [4.69, 9.17) is 9.47 Å². The maximum atomic E-state index is 12.7. The molecule has 0 aromatic heterocycles. The lowest BCUT2D eigenvalue weighted by atomic mass is 10.0. The van der Waals surface area contributed by atoms with Crippen LogP contribution in [0.2, 0.25) is 0 Å². The zero-order chi connectivity index (χ0) is 28.2. The van der Waals surface area contributed by atoms with Crippen molar-refractivity contribution in [3.63, 3.8) is 0 Å². The van der Waals surface area contributed by atoms with Gasteiger partial charge >= 0.3 is 11.9 Å². The smallest absolute Gasteiger partial charge is 0.343 e. The molecule has 7 nitrogen and oxygen atoms in total. The van der Waals surface area contributed by atoms with E-state index in [1.807, 2.05) is 26.0 Å². The number of unbranched alkanes of at least 4 members (excludes halogenated alkanes) is 4. The van der Waals surface area contributed by atoms with E-state index in [9.17, 15) is 19.5 Å². The van der Waals surface area contributed by atoms with Crippen molar-refractivity contribution < 1.29 is 29.0 Å². The molecule has 0 heterocycles. The summed E-state index contributed by atoms with van der Waals surface area (Å²) in [5.74, 6) is -1.02. The third kappa shape index (κ3) is 9.28. The van der Waals surface area contributed by atoms with Gasteiger partial charge in [-0.2, -0.15) is 0 Å². The molecule has 206 valence electrons. The molecule has 0 bridgehead atoms. The number of carbonyl (C=O) groups excluding carboxylic acids is 2. The first-order chi connectivity index (χ1) is 18.8. The van der Waals surface area contributed by atoms with Gasteiger partial charge in [-0.1, -0.05) is 62.4 Å². The number of ether oxygens (including phenoxy) is 2. The van der Waals surface area contributed by atoms with E-state index in [0.29, 0.717) is 34.8 Å². The average molecular weight is 532 g/mol. The number of benzene rings is 3. The predicted molar refractivity (Wildman–Crippen MR) is 151 cm³/mol. The first-order valence-electron chi connectivity index (χ1n) is 13.4. The van der Waals surface area contributed by atoms with Crippen LogP contribution < -0.4 is 14.8 Å². The molecular formula is C32H37NO6. The van der Waals surface area contributed by atoms with Gasteiger partial charge in [0.1, 0.15) is 17.5 Å². The topological polar surface area (TPSA) is 102 Å². The van der Waals surface area contributed by atoms with E-state index >= 15 is 0 Å². The minimum atomic E-state index is -1.13. The fourth-order valence-corrected chi connectivity index (χ4v) is 4.09. The highest BCUT2D eigenvalue weighted by Gasteiger charge is 2.22. The highest BCUT2D eigenvalue weighted by atomic mass is 16.5. The van der Waals surface area contributed by atoms with E-state index in [1.54, 1.807) is 54.6 Å². The highest BCUT2D eigenvalue weighted by molar-refractivity contribution is 5.98. The second kappa shape index (κ2) is 14.7. The standard InChI is InChI=1S/C32H37NO6/c1-4-5-6-7-8-19-38-26-17-13-25(14-18-26)32(37)39-27-15-11-24(12-16-27)21-29(31(35)36)33-30(34)28-20-22(2)9-10-23(28)3/h9-18,20,29H,4-8,19,21H2,1-3H3,(H,33,34)(H,35,36). The minimum absolute atomic E-state index is 0.0836. The summed E-state index contributed by atoms with van der Waals surface area (Å²) in [6.07, 6.45) is 5.91. The van der Waals surface area contributed by atoms with E-state index in [1.165, 1.54) is 19.3 Å². The molecule has 0 spiro atoms. The molecule has 0 saturated carbocycles. The number of carboxylic acids is 1. The van der Waals surface area contributed by atoms with Crippen LogP contribution in [-0.4, -0.2) is 35.6 Å². The zero-order valence-electron chi connectivity index (χ0n) is 22.9. The molecule has 0 aliphatic heterocycles. The van der Waals surface area contributed by atoms with Crippen molar-refractivity contribution in [2.75, 3.05) is 6.61 Å². The van der Waals surface area contributed by atoms with Crippen molar-refractivity contribution in [1.82, 2.24) is 5.32 Å². The Kier molecular flexibility index (Phi) is 11.1. The van der Waals surface area contributed by atoms with Crippen molar-refractivity contribution in [3.05, 3.63) is 94.5 Å². The monoisotopic (exact) mass is 531 g/mol. The molecule has 39 heavy (non-hydrogen) atoms. The number of hydrogen-bond donors (Lipinski definition) is 2. The molecule has 3 aromatic rings. The molecule has 1 unspecified atom stereocenters. The Morgan fingerprint density at radius 3 is 2.18 bits per heavy atom. The van der Waals surface area contributed by atoms with Crippen LogP contribution in [0.15, 0.2) is 66.7 Å². The molecule has 0 saturated heterocycles. The normalized spacial score (nSPS) is 11.5. The summed E-state index contributed by atoms with van der Waals surface area (Å²) in [4.78, 5) is 37.1. The molecule has 0 fully saturated rings. The SMILES string of the molecule is CCCCCCCOc1ccc(C(=O)Oc2ccc(CC(NC(=O)c3cc(C)ccc3C)C(=O)O)cc2)cc1. The second-order valence-electron chi connectivity index (χ2n) is 9.71. The summed E-state index contributed by atoms with van der Waals surface area (Å²) in [6, 6.07) is 17.8. The number of esters is 1. The Morgan fingerprint density at radius 2 is 1.51 bits per heavy atom. The van der Waals surface area contributed by atoms with Crippen LogP contribution in [-0.2, 0) is 11.2 Å². The van der Waals surface area contributed by atoms with E-state index in [-0.39, 0.29) is 6.42 Å². The summed E-state index contributed by atoms with van der Waals surface area (Å²) in [7, 11) is 0. The molecule has 3 aromatic carbocycles. The lowest BCUT2D eigenvalue weighted by Gasteiger charge is -2.16. The number of nitrogens with one attached hydrogen (secondary N) is 1. The second-order valence-corrected chi connectivity index (χ2v) is 9.71. The lowest BCUT2D eigenvalue weighted by Crippen LogP contribution is -2.42. The molecule has 1 amide bonds. The van der Waals surface area contributed by atoms with Crippen LogP contribution >= 0.6 is 0 Å². The summed E-state index contributed by atoms with van der Waals surface area (Å²) >= 11 is 0. The number of hydrogen-bond acceptors (Lipinski definition) is 5. The van der Waals surface area contributed by atoms with Crippen molar-refractivity contribution >= 4 is 17.8 Å². The van der Waals surface area contributed by atoms with Gasteiger partial charge in [0.25, 0.3) is 5.91 Å². The van der Waals surface area contributed by atoms with Crippen LogP contribution in [0.3, 0.4) is 0 Å². The van der Waals surface area contributed by atoms with Crippen LogP contribution in [0.5, 0.6) is 11.5 Å². The molecular weight excluding hydrogens is 494 g/mol. The van der Waals surface area contributed by atoms with Crippen molar-refractivity contribution in [1.29, 1.82) is 0 Å². The molecule has 2 N–H and O–H groups in total. The quantitative estimate of drug-likeness (QED) is 0.144. The number of aliphatic carboxylic acids is 1. The molecule has 7 heteroatoms. The Hall–Kier alpha value is -4.13. The van der Waals surface area contributed by atoms with E-state index in [2.05, 4.69) is 12.2 Å². The number of carboxylic acid groups (broad SMARTS) is 1. The van der Waals surface area contributed by atoms with Gasteiger partial charge in [-0.05, 0) is 73.9 Å². The number of aryl methyl sites for hydroxylation is 2. The fraction of sp³-hybridized carbons (Fsp3) is 0.344. The minimum Gasteiger partial charge on any atom is -0.494 e. The van der Waals surface area contributed by atoms with Gasteiger partial charge in [0.15, 0.2) is 0 Å². The maximum Gasteiger partial charge on any atom is 0.343 e. The Bertz CT molecular complexity index is 1250. The predicted octanol–water partition coefficient (Wildman–Crippen LogP) is 6.30. The average Bonchev–Trinajstić information content (AvgIpc) is 2.92. The van der Waals surface area contributed by atoms with E-state index < -0.39 is 23.9 Å². The van der Waals surface area contributed by atoms with Crippen LogP contribution in [0.4, 0.5) is 0 Å². The Labute approximate surface area is 230 Å². The van der Waals surface area contributed by atoms with Gasteiger partial charge in [-0.15, -0.1) is 0 Å². The van der Waals surface area contributed by atoms with Crippen molar-refractivity contribution in [2.45, 2.75) is 65.3 Å². The van der Waals surface area contributed by atoms with Gasteiger partial charge < -0.3 is 19.9 Å². The van der Waals surface area contributed by atoms with Gasteiger partial charge in [-0.3, -0.25) is 4.79 Å². The lowest BCUT2D eigenvalue weighted by molar-refractivity contribution is -0.139. The number of amides is 1. The molecule has 0 aliphatic carbocycles. The van der Waals surface area contributed by atoms with Crippen molar-refractivity contribution in [2.24, 2.45) is 0 Å². The van der Waals surface area contributed by atoms with Crippen LogP contribution in [0, 0.1) is 13.8 Å². The zero-order valence-corrected chi connectivity index (χ0v) is 22.9. The highest BCUT2D eigenvalue weighted by Crippen LogP contribution is 2.18. The first kappa shape index (κ1) is 29.4. The molecule has 0 radical (unpaired) electrons. The van der Waals surface area contributed by atoms with Gasteiger partial charge in [0.05, 0.1) is 12.2 Å². The van der Waals surface area contributed by atoms with Crippen LogP contribution in [0.25, 0.3) is 0 Å². The van der Waals surface area contributed by atoms with Crippen molar-refractivity contribution in [3.8, 4) is 11.5 Å². The fourth-order valence-electron chi connectivity index (χ4n) is 4.09. The maximum absolute atomic E-state index is 12.7. The number of carbonyl (C=O) groups is 3.